The molecular weight excluding hydrogens is 160 g/mol. The first kappa shape index (κ1) is 8.52. The van der Waals surface area contributed by atoms with Crippen LogP contribution in [0, 0.1) is 6.42 Å². The normalized spacial score (nSPS) is 19.8. The molecule has 0 bridgehead atoms. The van der Waals surface area contributed by atoms with E-state index < -0.39 is 0 Å². The van der Waals surface area contributed by atoms with Crippen molar-refractivity contribution in [2.45, 2.75) is 12.5 Å². The zero-order valence-electron chi connectivity index (χ0n) is 7.57. The first-order valence-corrected chi connectivity index (χ1v) is 4.55. The Labute approximate surface area is 79.0 Å². The molecule has 1 nitrogen and oxygen atoms in total. The van der Waals surface area contributed by atoms with Crippen molar-refractivity contribution >= 4 is 6.08 Å². The van der Waals surface area contributed by atoms with Crippen molar-refractivity contribution in [1.82, 2.24) is 0 Å². The first-order valence-electron chi connectivity index (χ1n) is 4.55. The van der Waals surface area contributed by atoms with Gasteiger partial charge in [-0.15, -0.1) is 0 Å². The molecule has 1 fully saturated rings. The zero-order chi connectivity index (χ0) is 9.10. The van der Waals surface area contributed by atoms with Crippen LogP contribution in [0.1, 0.15) is 11.1 Å². The topological polar surface area (TPSA) is 12.5 Å². The molecule has 0 aliphatic carbocycles. The molecule has 0 N–H and O–H groups in total. The van der Waals surface area contributed by atoms with Crippen LogP contribution in [0.15, 0.2) is 30.8 Å². The summed E-state index contributed by atoms with van der Waals surface area (Å²) in [6.07, 6.45) is 5.49. The highest BCUT2D eigenvalue weighted by Crippen LogP contribution is 2.18. The van der Waals surface area contributed by atoms with Gasteiger partial charge in [0.1, 0.15) is 0 Å². The third kappa shape index (κ3) is 2.19. The van der Waals surface area contributed by atoms with Gasteiger partial charge >= 0.3 is 0 Å². The van der Waals surface area contributed by atoms with Gasteiger partial charge < -0.3 is 4.74 Å². The molecule has 1 aromatic carbocycles. The van der Waals surface area contributed by atoms with Gasteiger partial charge in [-0.1, -0.05) is 36.9 Å². The summed E-state index contributed by atoms with van der Waals surface area (Å²) >= 11 is 0. The van der Waals surface area contributed by atoms with Crippen molar-refractivity contribution in [3.63, 3.8) is 0 Å². The lowest BCUT2D eigenvalue weighted by atomic mass is 10.0. The van der Waals surface area contributed by atoms with E-state index in [-0.39, 0.29) is 0 Å². The minimum absolute atomic E-state index is 0.401. The fourth-order valence-corrected chi connectivity index (χ4v) is 1.37. The van der Waals surface area contributed by atoms with Gasteiger partial charge in [-0.25, -0.2) is 0 Å². The molecular formula is C12H13O. The van der Waals surface area contributed by atoms with Gasteiger partial charge in [0.15, 0.2) is 0 Å². The largest absolute Gasteiger partial charge is 0.373 e. The van der Waals surface area contributed by atoms with Gasteiger partial charge in [0, 0.05) is 0 Å². The van der Waals surface area contributed by atoms with Gasteiger partial charge in [0.05, 0.1) is 12.7 Å². The lowest BCUT2D eigenvalue weighted by molar-refractivity contribution is 0.427. The van der Waals surface area contributed by atoms with E-state index in [4.69, 9.17) is 4.74 Å². The standard InChI is InChI=1S/C12H13O/c1-2-10-5-3-4-6-11(10)7-8-12-9-13-12/h2-6,8,12H,1,7,9H2. The number of ether oxygens (including phenoxy) is 1. The molecule has 67 valence electrons. The lowest BCUT2D eigenvalue weighted by Gasteiger charge is -2.03. The molecule has 1 heteroatoms. The van der Waals surface area contributed by atoms with E-state index in [1.807, 2.05) is 12.1 Å². The molecule has 13 heavy (non-hydrogen) atoms. The third-order valence-electron chi connectivity index (χ3n) is 2.23. The molecule has 1 aliphatic rings. The summed E-state index contributed by atoms with van der Waals surface area (Å²) in [5.41, 5.74) is 2.55. The van der Waals surface area contributed by atoms with Crippen LogP contribution < -0.4 is 0 Å². The summed E-state index contributed by atoms with van der Waals surface area (Å²) in [7, 11) is 0. The van der Waals surface area contributed by atoms with Crippen molar-refractivity contribution in [2.24, 2.45) is 0 Å². The van der Waals surface area contributed by atoms with Crippen molar-refractivity contribution < 1.29 is 4.74 Å². The average Bonchev–Trinajstić information content (AvgIpc) is 2.99. The van der Waals surface area contributed by atoms with E-state index in [1.165, 1.54) is 11.1 Å². The fraction of sp³-hybridized carbons (Fsp3) is 0.250. The molecule has 1 heterocycles. The maximum absolute atomic E-state index is 5.12. The Balaban J connectivity index is 2.03. The summed E-state index contributed by atoms with van der Waals surface area (Å²) in [6, 6.07) is 8.32. The van der Waals surface area contributed by atoms with E-state index in [0.717, 1.165) is 13.0 Å². The average molecular weight is 173 g/mol. The van der Waals surface area contributed by atoms with Gasteiger partial charge in [-0.05, 0) is 24.0 Å². The Kier molecular flexibility index (Phi) is 2.46. The molecule has 0 spiro atoms. The lowest BCUT2D eigenvalue weighted by Crippen LogP contribution is -1.94. The second-order valence-corrected chi connectivity index (χ2v) is 3.21. The molecule has 0 aromatic heterocycles. The maximum Gasteiger partial charge on any atom is 0.0844 e. The zero-order valence-corrected chi connectivity index (χ0v) is 7.57. The Morgan fingerprint density at radius 1 is 1.46 bits per heavy atom. The SMILES string of the molecule is C=Cc1ccccc1C[CH]C1CO1. The minimum atomic E-state index is 0.401. The van der Waals surface area contributed by atoms with Gasteiger partial charge in [0.2, 0.25) is 0 Å². The summed E-state index contributed by atoms with van der Waals surface area (Å²) in [6.45, 7) is 4.69. The molecule has 0 amide bonds. The highest BCUT2D eigenvalue weighted by molar-refractivity contribution is 5.52. The molecule has 1 aromatic rings. The number of benzene rings is 1. The van der Waals surface area contributed by atoms with Crippen LogP contribution in [-0.4, -0.2) is 12.7 Å². The minimum Gasteiger partial charge on any atom is -0.373 e. The third-order valence-corrected chi connectivity index (χ3v) is 2.23. The Hall–Kier alpha value is -1.08. The van der Waals surface area contributed by atoms with E-state index in [2.05, 4.69) is 31.2 Å². The van der Waals surface area contributed by atoms with Crippen LogP contribution >= 0.6 is 0 Å². The summed E-state index contributed by atoms with van der Waals surface area (Å²) < 4.78 is 5.12. The molecule has 2 rings (SSSR count). The van der Waals surface area contributed by atoms with Gasteiger partial charge in [0.25, 0.3) is 0 Å². The predicted molar refractivity (Wildman–Crippen MR) is 54.3 cm³/mol. The molecule has 1 radical (unpaired) electrons. The van der Waals surface area contributed by atoms with E-state index >= 15 is 0 Å². The van der Waals surface area contributed by atoms with E-state index in [1.54, 1.807) is 0 Å². The fourth-order valence-electron chi connectivity index (χ4n) is 1.37. The van der Waals surface area contributed by atoms with Crippen LogP contribution in [0.5, 0.6) is 0 Å². The highest BCUT2D eigenvalue weighted by Gasteiger charge is 2.22. The van der Waals surface area contributed by atoms with Crippen LogP contribution in [-0.2, 0) is 11.2 Å². The second kappa shape index (κ2) is 3.75. The Bertz CT molecular complexity index is 300. The number of rotatable bonds is 4. The molecule has 1 atom stereocenters. The second-order valence-electron chi connectivity index (χ2n) is 3.21. The predicted octanol–water partition coefficient (Wildman–Crippen LogP) is 2.48. The van der Waals surface area contributed by atoms with Crippen LogP contribution in [0.25, 0.3) is 6.08 Å². The maximum atomic E-state index is 5.12. The van der Waals surface area contributed by atoms with Crippen LogP contribution in [0.4, 0.5) is 0 Å². The monoisotopic (exact) mass is 173 g/mol. The quantitative estimate of drug-likeness (QED) is 0.637. The molecule has 1 aliphatic heterocycles. The van der Waals surface area contributed by atoms with Crippen LogP contribution in [0.3, 0.4) is 0 Å². The molecule has 1 saturated heterocycles. The summed E-state index contributed by atoms with van der Waals surface area (Å²) in [4.78, 5) is 0. The van der Waals surface area contributed by atoms with Gasteiger partial charge in [-0.3, -0.25) is 0 Å². The highest BCUT2D eigenvalue weighted by atomic mass is 16.6. The Morgan fingerprint density at radius 3 is 2.92 bits per heavy atom. The first-order chi connectivity index (χ1) is 6.40. The van der Waals surface area contributed by atoms with Gasteiger partial charge in [-0.2, -0.15) is 0 Å². The summed E-state index contributed by atoms with van der Waals surface area (Å²) in [5.74, 6) is 0. The van der Waals surface area contributed by atoms with Crippen molar-refractivity contribution in [2.75, 3.05) is 6.61 Å². The Morgan fingerprint density at radius 2 is 2.23 bits per heavy atom. The smallest absolute Gasteiger partial charge is 0.0844 e. The van der Waals surface area contributed by atoms with E-state index in [0.29, 0.717) is 6.10 Å². The van der Waals surface area contributed by atoms with Crippen molar-refractivity contribution in [3.8, 4) is 0 Å². The number of epoxide rings is 1. The van der Waals surface area contributed by atoms with Crippen molar-refractivity contribution in [1.29, 1.82) is 0 Å². The van der Waals surface area contributed by atoms with E-state index in [9.17, 15) is 0 Å². The van der Waals surface area contributed by atoms with Crippen molar-refractivity contribution in [3.05, 3.63) is 48.4 Å². The number of hydrogen-bond donors (Lipinski definition) is 0. The molecule has 1 unspecified atom stereocenters. The van der Waals surface area contributed by atoms with Crippen LogP contribution in [0.2, 0.25) is 0 Å². The summed E-state index contributed by atoms with van der Waals surface area (Å²) in [5, 5.41) is 0. The number of hydrogen-bond acceptors (Lipinski definition) is 1. The molecule has 0 saturated carbocycles.